The SMILES string of the molecule is O=C(Nc1ccc(F)cc1Br)c1ccc(I)cc1. The lowest BCUT2D eigenvalue weighted by atomic mass is 10.2. The first-order chi connectivity index (χ1) is 8.56. The van der Waals surface area contributed by atoms with Crippen molar-refractivity contribution in [1.82, 2.24) is 0 Å². The molecule has 18 heavy (non-hydrogen) atoms. The minimum atomic E-state index is -0.353. The molecule has 0 bridgehead atoms. The van der Waals surface area contributed by atoms with E-state index in [0.29, 0.717) is 15.7 Å². The van der Waals surface area contributed by atoms with Gasteiger partial charge >= 0.3 is 0 Å². The second-order valence-corrected chi connectivity index (χ2v) is 5.69. The molecule has 0 aliphatic heterocycles. The summed E-state index contributed by atoms with van der Waals surface area (Å²) in [6.45, 7) is 0. The Kier molecular flexibility index (Phi) is 4.34. The zero-order valence-electron chi connectivity index (χ0n) is 9.08. The molecular formula is C13H8BrFINO. The molecular weight excluding hydrogens is 412 g/mol. The summed E-state index contributed by atoms with van der Waals surface area (Å²) in [5.41, 5.74) is 1.10. The Morgan fingerprint density at radius 2 is 1.83 bits per heavy atom. The van der Waals surface area contributed by atoms with Crippen molar-refractivity contribution >= 4 is 50.1 Å². The third kappa shape index (κ3) is 3.29. The Labute approximate surface area is 126 Å². The molecule has 0 heterocycles. The molecule has 0 unspecified atom stereocenters. The Morgan fingerprint density at radius 1 is 1.17 bits per heavy atom. The van der Waals surface area contributed by atoms with Gasteiger partial charge in [-0.15, -0.1) is 0 Å². The summed E-state index contributed by atoms with van der Waals surface area (Å²) in [4.78, 5) is 11.9. The van der Waals surface area contributed by atoms with Crippen molar-refractivity contribution in [3.05, 3.63) is 61.9 Å². The van der Waals surface area contributed by atoms with Crippen molar-refractivity contribution in [2.75, 3.05) is 5.32 Å². The molecule has 1 N–H and O–H groups in total. The number of anilines is 1. The molecule has 0 radical (unpaired) electrons. The van der Waals surface area contributed by atoms with E-state index in [2.05, 4.69) is 43.8 Å². The normalized spacial score (nSPS) is 10.2. The summed E-state index contributed by atoms with van der Waals surface area (Å²) in [5, 5.41) is 2.72. The van der Waals surface area contributed by atoms with Gasteiger partial charge in [0.05, 0.1) is 5.69 Å². The first kappa shape index (κ1) is 13.5. The highest BCUT2D eigenvalue weighted by atomic mass is 127. The van der Waals surface area contributed by atoms with Gasteiger partial charge in [-0.25, -0.2) is 4.39 Å². The average molecular weight is 420 g/mol. The predicted octanol–water partition coefficient (Wildman–Crippen LogP) is 4.45. The maximum absolute atomic E-state index is 12.9. The van der Waals surface area contributed by atoms with Crippen molar-refractivity contribution in [2.24, 2.45) is 0 Å². The fraction of sp³-hybridized carbons (Fsp3) is 0. The number of halogens is 3. The van der Waals surface area contributed by atoms with Gasteiger partial charge < -0.3 is 5.32 Å². The molecule has 0 aliphatic carbocycles. The fourth-order valence-corrected chi connectivity index (χ4v) is 2.20. The van der Waals surface area contributed by atoms with Crippen LogP contribution in [0.25, 0.3) is 0 Å². The van der Waals surface area contributed by atoms with E-state index in [1.807, 2.05) is 12.1 Å². The Morgan fingerprint density at radius 3 is 2.44 bits per heavy atom. The highest BCUT2D eigenvalue weighted by molar-refractivity contribution is 14.1. The van der Waals surface area contributed by atoms with Gasteiger partial charge in [-0.05, 0) is 81.0 Å². The van der Waals surface area contributed by atoms with E-state index >= 15 is 0 Å². The molecule has 2 aromatic carbocycles. The van der Waals surface area contributed by atoms with Gasteiger partial charge in [-0.1, -0.05) is 0 Å². The lowest BCUT2D eigenvalue weighted by Gasteiger charge is -2.07. The number of carbonyl (C=O) groups is 1. The van der Waals surface area contributed by atoms with Crippen LogP contribution in [0.15, 0.2) is 46.9 Å². The number of amides is 1. The van der Waals surface area contributed by atoms with Crippen LogP contribution in [-0.4, -0.2) is 5.91 Å². The first-order valence-electron chi connectivity index (χ1n) is 5.08. The van der Waals surface area contributed by atoms with Crippen LogP contribution in [0.3, 0.4) is 0 Å². The Bertz CT molecular complexity index is 586. The highest BCUT2D eigenvalue weighted by Gasteiger charge is 2.08. The highest BCUT2D eigenvalue weighted by Crippen LogP contribution is 2.23. The minimum absolute atomic E-state index is 0.223. The van der Waals surface area contributed by atoms with Crippen molar-refractivity contribution in [1.29, 1.82) is 0 Å². The second kappa shape index (κ2) is 5.79. The van der Waals surface area contributed by atoms with Crippen molar-refractivity contribution in [3.8, 4) is 0 Å². The van der Waals surface area contributed by atoms with Crippen LogP contribution in [0.5, 0.6) is 0 Å². The third-order valence-electron chi connectivity index (χ3n) is 2.29. The number of hydrogen-bond donors (Lipinski definition) is 1. The van der Waals surface area contributed by atoms with Crippen molar-refractivity contribution < 1.29 is 9.18 Å². The molecule has 0 aromatic heterocycles. The summed E-state index contributed by atoms with van der Waals surface area (Å²) in [6, 6.07) is 11.3. The standard InChI is InChI=1S/C13H8BrFINO/c14-11-7-9(15)3-6-12(11)17-13(18)8-1-4-10(16)5-2-8/h1-7H,(H,17,18). The molecule has 0 spiro atoms. The maximum Gasteiger partial charge on any atom is 0.255 e. The number of hydrogen-bond acceptors (Lipinski definition) is 1. The largest absolute Gasteiger partial charge is 0.321 e. The third-order valence-corrected chi connectivity index (χ3v) is 3.66. The quantitative estimate of drug-likeness (QED) is 0.716. The lowest BCUT2D eigenvalue weighted by molar-refractivity contribution is 0.102. The lowest BCUT2D eigenvalue weighted by Crippen LogP contribution is -2.12. The van der Waals surface area contributed by atoms with Gasteiger partial charge in [0.1, 0.15) is 5.82 Å². The van der Waals surface area contributed by atoms with E-state index in [1.54, 1.807) is 12.1 Å². The molecule has 5 heteroatoms. The molecule has 1 amide bonds. The summed E-state index contributed by atoms with van der Waals surface area (Å²) in [5.74, 6) is -0.576. The van der Waals surface area contributed by atoms with Crippen LogP contribution in [0.1, 0.15) is 10.4 Å². The molecule has 92 valence electrons. The molecule has 0 saturated carbocycles. The van der Waals surface area contributed by atoms with Crippen LogP contribution in [0, 0.1) is 9.39 Å². The van der Waals surface area contributed by atoms with E-state index in [-0.39, 0.29) is 11.7 Å². The average Bonchev–Trinajstić information content (AvgIpc) is 2.33. The van der Waals surface area contributed by atoms with Crippen LogP contribution >= 0.6 is 38.5 Å². The van der Waals surface area contributed by atoms with Crippen LogP contribution in [0.2, 0.25) is 0 Å². The first-order valence-corrected chi connectivity index (χ1v) is 6.95. The number of rotatable bonds is 2. The maximum atomic E-state index is 12.9. The Hall–Kier alpha value is -0.950. The van der Waals surface area contributed by atoms with Crippen LogP contribution in [-0.2, 0) is 0 Å². The number of nitrogens with one attached hydrogen (secondary N) is 1. The second-order valence-electron chi connectivity index (χ2n) is 3.59. The van der Waals surface area contributed by atoms with Crippen LogP contribution in [0.4, 0.5) is 10.1 Å². The summed E-state index contributed by atoms with van der Waals surface area (Å²) >= 11 is 5.38. The van der Waals surface area contributed by atoms with E-state index in [4.69, 9.17) is 0 Å². The van der Waals surface area contributed by atoms with Gasteiger partial charge in [-0.2, -0.15) is 0 Å². The van der Waals surface area contributed by atoms with Gasteiger partial charge in [-0.3, -0.25) is 4.79 Å². The number of carbonyl (C=O) groups excluding carboxylic acids is 1. The van der Waals surface area contributed by atoms with Gasteiger partial charge in [0.25, 0.3) is 5.91 Å². The van der Waals surface area contributed by atoms with Gasteiger partial charge in [0, 0.05) is 13.6 Å². The topological polar surface area (TPSA) is 29.1 Å². The van der Waals surface area contributed by atoms with Gasteiger partial charge in [0.15, 0.2) is 0 Å². The predicted molar refractivity (Wildman–Crippen MR) is 81.2 cm³/mol. The van der Waals surface area contributed by atoms with Crippen molar-refractivity contribution in [3.63, 3.8) is 0 Å². The monoisotopic (exact) mass is 419 g/mol. The van der Waals surface area contributed by atoms with Crippen LogP contribution < -0.4 is 5.32 Å². The molecule has 0 atom stereocenters. The summed E-state index contributed by atoms with van der Waals surface area (Å²) in [7, 11) is 0. The molecule has 2 rings (SSSR count). The van der Waals surface area contributed by atoms with Gasteiger partial charge in [0.2, 0.25) is 0 Å². The molecule has 2 aromatic rings. The molecule has 2 nitrogen and oxygen atoms in total. The minimum Gasteiger partial charge on any atom is -0.321 e. The van der Waals surface area contributed by atoms with E-state index in [0.717, 1.165) is 3.57 Å². The summed E-state index contributed by atoms with van der Waals surface area (Å²) < 4.78 is 14.5. The number of benzene rings is 2. The smallest absolute Gasteiger partial charge is 0.255 e. The van der Waals surface area contributed by atoms with E-state index < -0.39 is 0 Å². The molecule has 0 fully saturated rings. The summed E-state index contributed by atoms with van der Waals surface area (Å²) in [6.07, 6.45) is 0. The Balaban J connectivity index is 2.18. The van der Waals surface area contributed by atoms with E-state index in [1.165, 1.54) is 18.2 Å². The fourth-order valence-electron chi connectivity index (χ4n) is 1.39. The zero-order chi connectivity index (χ0) is 13.1. The van der Waals surface area contributed by atoms with E-state index in [9.17, 15) is 9.18 Å². The van der Waals surface area contributed by atoms with Crippen molar-refractivity contribution in [2.45, 2.75) is 0 Å². The molecule has 0 aliphatic rings. The molecule has 0 saturated heterocycles. The zero-order valence-corrected chi connectivity index (χ0v) is 12.8.